The van der Waals surface area contributed by atoms with Crippen molar-refractivity contribution < 1.29 is 17.9 Å². The Bertz CT molecular complexity index is 575. The smallest absolute Gasteiger partial charge is 0.241 e. The summed E-state index contributed by atoms with van der Waals surface area (Å²) in [7, 11) is -3.75. The van der Waals surface area contributed by atoms with Crippen LogP contribution in [0.1, 0.15) is 20.3 Å². The molecule has 0 heterocycles. The highest BCUT2D eigenvalue weighted by Crippen LogP contribution is 2.14. The number of carbonyl (C=O) groups excluding carboxylic acids is 1. The summed E-state index contributed by atoms with van der Waals surface area (Å²) >= 11 is 5.72. The molecule has 22 heavy (non-hydrogen) atoms. The minimum absolute atomic E-state index is 0.0629. The Balaban J connectivity index is 2.50. The standard InChI is InChI=1S/C14H21ClN2O4S/c1-3-21-10-4-9-16-14(18)11(2)17-22(19,20)13-7-5-12(15)6-8-13/h5-8,11,17H,3-4,9-10H2,1-2H3,(H,16,18)/t11-/m0/s1. The molecular weight excluding hydrogens is 328 g/mol. The number of benzene rings is 1. The molecule has 1 rings (SSSR count). The predicted octanol–water partition coefficient (Wildman–Crippen LogP) is 1.55. The molecule has 8 heteroatoms. The van der Waals surface area contributed by atoms with Crippen LogP contribution < -0.4 is 10.0 Å². The summed E-state index contributed by atoms with van der Waals surface area (Å²) in [4.78, 5) is 11.9. The van der Waals surface area contributed by atoms with Gasteiger partial charge in [0.15, 0.2) is 0 Å². The number of halogens is 1. The van der Waals surface area contributed by atoms with Crippen molar-refractivity contribution in [2.75, 3.05) is 19.8 Å². The summed E-state index contributed by atoms with van der Waals surface area (Å²) in [5, 5.41) is 3.10. The van der Waals surface area contributed by atoms with Crippen LogP contribution in [0.4, 0.5) is 0 Å². The number of hydrogen-bond donors (Lipinski definition) is 2. The first-order chi connectivity index (χ1) is 10.4. The van der Waals surface area contributed by atoms with Crippen molar-refractivity contribution >= 4 is 27.5 Å². The van der Waals surface area contributed by atoms with Crippen LogP contribution in [0.15, 0.2) is 29.2 Å². The van der Waals surface area contributed by atoms with E-state index in [1.807, 2.05) is 6.92 Å². The summed E-state index contributed by atoms with van der Waals surface area (Å²) in [5.41, 5.74) is 0. The van der Waals surface area contributed by atoms with E-state index < -0.39 is 16.1 Å². The average molecular weight is 349 g/mol. The Morgan fingerprint density at radius 2 is 1.95 bits per heavy atom. The number of rotatable bonds is 9. The van der Waals surface area contributed by atoms with Crippen molar-refractivity contribution in [1.82, 2.24) is 10.0 Å². The summed E-state index contributed by atoms with van der Waals surface area (Å²) < 4.78 is 31.7. The second kappa shape index (κ2) is 9.09. The second-order valence-corrected chi connectivity index (χ2v) is 6.79. The van der Waals surface area contributed by atoms with Crippen LogP contribution in [0.5, 0.6) is 0 Å². The molecular formula is C14H21ClN2O4S. The van der Waals surface area contributed by atoms with Crippen LogP contribution in [0.25, 0.3) is 0 Å². The van der Waals surface area contributed by atoms with E-state index >= 15 is 0 Å². The molecule has 0 spiro atoms. The molecule has 0 aliphatic rings. The number of nitrogens with one attached hydrogen (secondary N) is 2. The van der Waals surface area contributed by atoms with E-state index in [-0.39, 0.29) is 10.8 Å². The van der Waals surface area contributed by atoms with E-state index in [2.05, 4.69) is 10.0 Å². The Morgan fingerprint density at radius 3 is 2.55 bits per heavy atom. The number of amides is 1. The highest BCUT2D eigenvalue weighted by Gasteiger charge is 2.21. The third-order valence-electron chi connectivity index (χ3n) is 2.82. The summed E-state index contributed by atoms with van der Waals surface area (Å²) in [6.07, 6.45) is 0.677. The highest BCUT2D eigenvalue weighted by molar-refractivity contribution is 7.89. The van der Waals surface area contributed by atoms with Gasteiger partial charge in [-0.15, -0.1) is 0 Å². The molecule has 2 N–H and O–H groups in total. The molecule has 0 fully saturated rings. The van der Waals surface area contributed by atoms with Gasteiger partial charge in [0.2, 0.25) is 15.9 Å². The Kier molecular flexibility index (Phi) is 7.81. The molecule has 1 aromatic rings. The monoisotopic (exact) mass is 348 g/mol. The van der Waals surface area contributed by atoms with Crippen LogP contribution in [-0.4, -0.2) is 40.1 Å². The third kappa shape index (κ3) is 6.31. The molecule has 0 aromatic heterocycles. The Labute approximate surface area is 136 Å². The predicted molar refractivity (Wildman–Crippen MR) is 85.4 cm³/mol. The molecule has 124 valence electrons. The van der Waals surface area contributed by atoms with E-state index in [0.29, 0.717) is 31.2 Å². The Hall–Kier alpha value is -1.15. The molecule has 1 atom stereocenters. The number of ether oxygens (including phenoxy) is 1. The van der Waals surface area contributed by atoms with Crippen molar-refractivity contribution in [3.63, 3.8) is 0 Å². The van der Waals surface area contributed by atoms with E-state index in [4.69, 9.17) is 16.3 Å². The van der Waals surface area contributed by atoms with Crippen molar-refractivity contribution in [3.05, 3.63) is 29.3 Å². The van der Waals surface area contributed by atoms with Crippen LogP contribution >= 0.6 is 11.6 Å². The number of sulfonamides is 1. The first kappa shape index (κ1) is 18.9. The largest absolute Gasteiger partial charge is 0.382 e. The lowest BCUT2D eigenvalue weighted by Gasteiger charge is -2.14. The van der Waals surface area contributed by atoms with Gasteiger partial charge in [-0.2, -0.15) is 4.72 Å². The zero-order valence-corrected chi connectivity index (χ0v) is 14.2. The molecule has 0 bridgehead atoms. The number of carbonyl (C=O) groups is 1. The fourth-order valence-electron chi connectivity index (χ4n) is 1.65. The lowest BCUT2D eigenvalue weighted by atomic mass is 10.3. The molecule has 0 saturated carbocycles. The third-order valence-corrected chi connectivity index (χ3v) is 4.63. The van der Waals surface area contributed by atoms with Crippen molar-refractivity contribution in [2.45, 2.75) is 31.2 Å². The van der Waals surface area contributed by atoms with Gasteiger partial charge in [0.25, 0.3) is 0 Å². The zero-order chi connectivity index (χ0) is 16.6. The van der Waals surface area contributed by atoms with Gasteiger partial charge in [-0.05, 0) is 44.5 Å². The van der Waals surface area contributed by atoms with Gasteiger partial charge in [0.1, 0.15) is 0 Å². The molecule has 0 unspecified atom stereocenters. The minimum Gasteiger partial charge on any atom is -0.382 e. The lowest BCUT2D eigenvalue weighted by Crippen LogP contribution is -2.45. The molecule has 6 nitrogen and oxygen atoms in total. The Morgan fingerprint density at radius 1 is 1.32 bits per heavy atom. The first-order valence-corrected chi connectivity index (χ1v) is 8.86. The van der Waals surface area contributed by atoms with E-state index in [1.54, 1.807) is 0 Å². The molecule has 0 radical (unpaired) electrons. The van der Waals surface area contributed by atoms with E-state index in [0.717, 1.165) is 0 Å². The van der Waals surface area contributed by atoms with Gasteiger partial charge in [0, 0.05) is 24.8 Å². The fraction of sp³-hybridized carbons (Fsp3) is 0.500. The van der Waals surface area contributed by atoms with E-state index in [1.165, 1.54) is 31.2 Å². The maximum Gasteiger partial charge on any atom is 0.241 e. The van der Waals surface area contributed by atoms with Gasteiger partial charge in [-0.3, -0.25) is 4.79 Å². The highest BCUT2D eigenvalue weighted by atomic mass is 35.5. The SMILES string of the molecule is CCOCCCNC(=O)[C@H](C)NS(=O)(=O)c1ccc(Cl)cc1. The lowest BCUT2D eigenvalue weighted by molar-refractivity contribution is -0.122. The maximum absolute atomic E-state index is 12.1. The molecule has 1 aromatic carbocycles. The van der Waals surface area contributed by atoms with Crippen molar-refractivity contribution in [1.29, 1.82) is 0 Å². The fourth-order valence-corrected chi connectivity index (χ4v) is 2.98. The molecule has 0 aliphatic carbocycles. The number of hydrogen-bond acceptors (Lipinski definition) is 4. The first-order valence-electron chi connectivity index (χ1n) is 7.00. The zero-order valence-electron chi connectivity index (χ0n) is 12.6. The van der Waals surface area contributed by atoms with Crippen LogP contribution in [0.3, 0.4) is 0 Å². The quantitative estimate of drug-likeness (QED) is 0.663. The summed E-state index contributed by atoms with van der Waals surface area (Å²) in [5.74, 6) is -0.381. The minimum atomic E-state index is -3.75. The van der Waals surface area contributed by atoms with Crippen LogP contribution in [0, 0.1) is 0 Å². The normalized spacial score (nSPS) is 12.9. The van der Waals surface area contributed by atoms with Gasteiger partial charge in [0.05, 0.1) is 10.9 Å². The van der Waals surface area contributed by atoms with Gasteiger partial charge >= 0.3 is 0 Å². The summed E-state index contributed by atoms with van der Waals surface area (Å²) in [6, 6.07) is 4.87. The van der Waals surface area contributed by atoms with Crippen molar-refractivity contribution in [3.8, 4) is 0 Å². The van der Waals surface area contributed by atoms with Crippen LogP contribution in [0.2, 0.25) is 5.02 Å². The molecule has 0 saturated heterocycles. The summed E-state index contributed by atoms with van der Waals surface area (Å²) in [6.45, 7) is 5.01. The topological polar surface area (TPSA) is 84.5 Å². The second-order valence-electron chi connectivity index (χ2n) is 4.64. The average Bonchev–Trinajstić information content (AvgIpc) is 2.46. The molecule has 1 amide bonds. The van der Waals surface area contributed by atoms with E-state index in [9.17, 15) is 13.2 Å². The van der Waals surface area contributed by atoms with Gasteiger partial charge in [-0.1, -0.05) is 11.6 Å². The van der Waals surface area contributed by atoms with Gasteiger partial charge < -0.3 is 10.1 Å². The maximum atomic E-state index is 12.1. The molecule has 0 aliphatic heterocycles. The van der Waals surface area contributed by atoms with Gasteiger partial charge in [-0.25, -0.2) is 8.42 Å². The van der Waals surface area contributed by atoms with Crippen LogP contribution in [-0.2, 0) is 19.6 Å². The van der Waals surface area contributed by atoms with Crippen molar-refractivity contribution in [2.24, 2.45) is 0 Å².